The first-order valence-corrected chi connectivity index (χ1v) is 6.04. The minimum Gasteiger partial charge on any atom is -0.0874 e. The van der Waals surface area contributed by atoms with Crippen molar-refractivity contribution in [3.05, 3.63) is 81.7 Å². The van der Waals surface area contributed by atoms with Crippen molar-refractivity contribution in [2.75, 3.05) is 0 Å². The zero-order valence-corrected chi connectivity index (χ0v) is 10.4. The molecule has 1 aliphatic carbocycles. The third kappa shape index (κ3) is 1.78. The predicted octanol–water partition coefficient (Wildman–Crippen LogP) is 4.78. The second-order valence-corrected chi connectivity index (χ2v) is 4.63. The average molecular weight is 259 g/mol. The van der Waals surface area contributed by atoms with Gasteiger partial charge in [0.2, 0.25) is 0 Å². The number of fused-ring (bicyclic) bond motifs is 1. The van der Waals surface area contributed by atoms with Crippen molar-refractivity contribution < 1.29 is 0 Å². The van der Waals surface area contributed by atoms with Gasteiger partial charge in [-0.05, 0) is 17.2 Å². The molecule has 3 rings (SSSR count). The summed E-state index contributed by atoms with van der Waals surface area (Å²) < 4.78 is 0. The lowest BCUT2D eigenvalue weighted by Crippen LogP contribution is -1.88. The lowest BCUT2D eigenvalue weighted by Gasteiger charge is -2.08. The predicted molar refractivity (Wildman–Crippen MR) is 72.1 cm³/mol. The van der Waals surface area contributed by atoms with Gasteiger partial charge in [-0.2, -0.15) is 0 Å². The molecule has 0 heterocycles. The highest BCUT2D eigenvalue weighted by atomic mass is 35.5. The summed E-state index contributed by atoms with van der Waals surface area (Å²) in [6, 6.07) is 15.8. The largest absolute Gasteiger partial charge is 0.0874 e. The van der Waals surface area contributed by atoms with Crippen LogP contribution in [-0.4, -0.2) is 0 Å². The second kappa shape index (κ2) is 4.21. The molecule has 0 aromatic heterocycles. The first-order chi connectivity index (χ1) is 8.27. The number of halogens is 2. The zero-order chi connectivity index (χ0) is 11.8. The Labute approximate surface area is 110 Å². The van der Waals surface area contributed by atoms with E-state index in [0.29, 0.717) is 10.1 Å². The van der Waals surface area contributed by atoms with Gasteiger partial charge in [-0.1, -0.05) is 65.7 Å². The highest BCUT2D eigenvalue weighted by Crippen LogP contribution is 2.43. The summed E-state index contributed by atoms with van der Waals surface area (Å²) in [5.41, 5.74) is 3.97. The maximum Gasteiger partial charge on any atom is 0.0641 e. The highest BCUT2D eigenvalue weighted by molar-refractivity contribution is 6.38. The van der Waals surface area contributed by atoms with Crippen molar-refractivity contribution in [1.29, 1.82) is 0 Å². The number of benzene rings is 2. The van der Waals surface area contributed by atoms with E-state index in [4.69, 9.17) is 23.2 Å². The van der Waals surface area contributed by atoms with Gasteiger partial charge >= 0.3 is 0 Å². The van der Waals surface area contributed by atoms with Crippen LogP contribution in [0.15, 0.2) is 53.6 Å². The molecule has 82 valence electrons. The molecule has 0 amide bonds. The van der Waals surface area contributed by atoms with Gasteiger partial charge in [0.25, 0.3) is 0 Å². The van der Waals surface area contributed by atoms with Gasteiger partial charge in [0.15, 0.2) is 0 Å². The van der Waals surface area contributed by atoms with Crippen LogP contribution in [-0.2, 0) is 0 Å². The van der Waals surface area contributed by atoms with Crippen LogP contribution in [0.4, 0.5) is 0 Å². The van der Waals surface area contributed by atoms with E-state index in [1.165, 1.54) is 0 Å². The van der Waals surface area contributed by atoms with Crippen molar-refractivity contribution in [2.24, 2.45) is 0 Å². The Bertz CT molecular complexity index is 598. The summed E-state index contributed by atoms with van der Waals surface area (Å²) in [4.78, 5) is 0. The Balaban J connectivity index is 2.23. The molecule has 0 bridgehead atoms. The van der Waals surface area contributed by atoms with E-state index in [1.807, 2.05) is 48.5 Å². The maximum atomic E-state index is 6.26. The molecule has 2 heteroatoms. The van der Waals surface area contributed by atoms with Gasteiger partial charge < -0.3 is 0 Å². The summed E-state index contributed by atoms with van der Waals surface area (Å²) in [7, 11) is 0. The van der Waals surface area contributed by atoms with Crippen LogP contribution < -0.4 is 0 Å². The molecule has 0 atom stereocenters. The van der Waals surface area contributed by atoms with E-state index >= 15 is 0 Å². The molecule has 0 spiro atoms. The van der Waals surface area contributed by atoms with E-state index in [-0.39, 0.29) is 0 Å². The topological polar surface area (TPSA) is 0 Å². The molecule has 0 saturated carbocycles. The molecule has 2 aromatic rings. The molecule has 0 saturated heterocycles. The van der Waals surface area contributed by atoms with Crippen molar-refractivity contribution in [3.63, 3.8) is 0 Å². The van der Waals surface area contributed by atoms with E-state index in [0.717, 1.165) is 22.3 Å². The normalized spacial score (nSPS) is 14.0. The lowest BCUT2D eigenvalue weighted by atomic mass is 9.99. The molecule has 1 aliphatic rings. The fourth-order valence-electron chi connectivity index (χ4n) is 2.05. The van der Waals surface area contributed by atoms with Crippen molar-refractivity contribution in [1.82, 2.24) is 0 Å². The number of allylic oxidation sites excluding steroid dienone is 1. The maximum absolute atomic E-state index is 6.26. The molecule has 0 unspecified atom stereocenters. The summed E-state index contributed by atoms with van der Waals surface area (Å²) >= 11 is 12.5. The molecule has 0 fully saturated rings. The van der Waals surface area contributed by atoms with Crippen LogP contribution in [0.3, 0.4) is 0 Å². The smallest absolute Gasteiger partial charge is 0.0641 e. The Hall–Kier alpha value is -1.24. The zero-order valence-electron chi connectivity index (χ0n) is 8.87. The Morgan fingerprint density at radius 1 is 0.824 bits per heavy atom. The molecular weight excluding hydrogens is 251 g/mol. The molecule has 2 radical (unpaired) electrons. The lowest BCUT2D eigenvalue weighted by molar-refractivity contribution is 1.52. The van der Waals surface area contributed by atoms with Crippen LogP contribution >= 0.6 is 23.2 Å². The molecular formula is C15H8Cl2. The van der Waals surface area contributed by atoms with Crippen molar-refractivity contribution >= 4 is 28.8 Å². The number of hydrogen-bond acceptors (Lipinski definition) is 0. The monoisotopic (exact) mass is 258 g/mol. The Kier molecular flexibility index (Phi) is 2.70. The summed E-state index contributed by atoms with van der Waals surface area (Å²) in [6.07, 6.45) is 3.15. The van der Waals surface area contributed by atoms with Crippen molar-refractivity contribution in [2.45, 2.75) is 0 Å². The van der Waals surface area contributed by atoms with Crippen LogP contribution in [0.25, 0.3) is 5.57 Å². The number of rotatable bonds is 1. The van der Waals surface area contributed by atoms with E-state index < -0.39 is 0 Å². The third-order valence-electron chi connectivity index (χ3n) is 2.79. The van der Waals surface area contributed by atoms with E-state index in [9.17, 15) is 0 Å². The summed E-state index contributed by atoms with van der Waals surface area (Å²) in [5, 5.41) is 1.34. The van der Waals surface area contributed by atoms with Gasteiger partial charge in [0.05, 0.1) is 6.42 Å². The minimum absolute atomic E-state index is 0.624. The van der Waals surface area contributed by atoms with Gasteiger partial charge in [-0.25, -0.2) is 0 Å². The molecule has 0 nitrogen and oxygen atoms in total. The van der Waals surface area contributed by atoms with E-state index in [1.54, 1.807) is 0 Å². The Morgan fingerprint density at radius 3 is 2.35 bits per heavy atom. The molecule has 2 aromatic carbocycles. The molecule has 0 N–H and O–H groups in total. The number of hydrogen-bond donors (Lipinski definition) is 0. The first kappa shape index (κ1) is 10.9. The van der Waals surface area contributed by atoms with Gasteiger partial charge in [0.1, 0.15) is 0 Å². The highest BCUT2D eigenvalue weighted by Gasteiger charge is 2.24. The standard InChI is InChI=1S/C15H8Cl2/c16-12-8-4-7-11-9-13(17)14(15(11)12)10-5-2-1-3-6-10/h1-8H. The molecule has 0 aliphatic heterocycles. The van der Waals surface area contributed by atoms with E-state index in [2.05, 4.69) is 6.42 Å². The third-order valence-corrected chi connectivity index (χ3v) is 3.39. The van der Waals surface area contributed by atoms with Crippen LogP contribution in [0.2, 0.25) is 5.02 Å². The SMILES string of the molecule is ClC1=C(c2ccccc2)c2c(Cl)cccc2[C]1. The van der Waals surface area contributed by atoms with Gasteiger partial charge in [-0.3, -0.25) is 0 Å². The first-order valence-electron chi connectivity index (χ1n) is 5.28. The second-order valence-electron chi connectivity index (χ2n) is 3.84. The van der Waals surface area contributed by atoms with Gasteiger partial charge in [-0.15, -0.1) is 0 Å². The average Bonchev–Trinajstić information content (AvgIpc) is 2.68. The van der Waals surface area contributed by atoms with Crippen LogP contribution in [0.1, 0.15) is 16.7 Å². The van der Waals surface area contributed by atoms with Crippen molar-refractivity contribution in [3.8, 4) is 0 Å². The fraction of sp³-hybridized carbons (Fsp3) is 0. The summed E-state index contributed by atoms with van der Waals surface area (Å²) in [6.45, 7) is 0. The molecule has 17 heavy (non-hydrogen) atoms. The Morgan fingerprint density at radius 2 is 1.59 bits per heavy atom. The van der Waals surface area contributed by atoms with Crippen LogP contribution in [0.5, 0.6) is 0 Å². The van der Waals surface area contributed by atoms with Crippen LogP contribution in [0, 0.1) is 6.42 Å². The van der Waals surface area contributed by atoms with Gasteiger partial charge in [0, 0.05) is 21.2 Å². The fourth-order valence-corrected chi connectivity index (χ4v) is 2.62. The summed E-state index contributed by atoms with van der Waals surface area (Å²) in [5.74, 6) is 0. The quantitative estimate of drug-likeness (QED) is 0.691. The minimum atomic E-state index is 0.624.